The Labute approximate surface area is 233 Å². The van der Waals surface area contributed by atoms with Gasteiger partial charge in [-0.3, -0.25) is 14.5 Å². The van der Waals surface area contributed by atoms with Gasteiger partial charge < -0.3 is 24.3 Å². The van der Waals surface area contributed by atoms with E-state index in [9.17, 15) is 14.0 Å². The number of rotatable bonds is 8. The van der Waals surface area contributed by atoms with E-state index in [0.717, 1.165) is 75.3 Å². The highest BCUT2D eigenvalue weighted by Gasteiger charge is 2.29. The quantitative estimate of drug-likeness (QED) is 0.444. The minimum Gasteiger partial charge on any atom is -0.492 e. The molecule has 9 nitrogen and oxygen atoms in total. The lowest BCUT2D eigenvalue weighted by Crippen LogP contribution is -2.38. The smallest absolute Gasteiger partial charge is 0.280 e. The maximum atomic E-state index is 13.4. The van der Waals surface area contributed by atoms with Crippen LogP contribution in [0.2, 0.25) is 0 Å². The molecule has 5 rings (SSSR count). The highest BCUT2D eigenvalue weighted by molar-refractivity contribution is 5.95. The average Bonchev–Trinajstić information content (AvgIpc) is 3.30. The molecular weight excluding hydrogens is 513 g/mol. The van der Waals surface area contributed by atoms with Gasteiger partial charge >= 0.3 is 0 Å². The van der Waals surface area contributed by atoms with E-state index in [1.165, 1.54) is 24.3 Å². The van der Waals surface area contributed by atoms with Gasteiger partial charge in [0.15, 0.2) is 0 Å². The number of hydrogen-bond acceptors (Lipinski definition) is 5. The van der Waals surface area contributed by atoms with Crippen LogP contribution in [0.25, 0.3) is 11.0 Å². The molecule has 0 radical (unpaired) electrons. The molecule has 3 aromatic rings. The Hall–Kier alpha value is -3.50. The molecule has 1 saturated heterocycles. The maximum Gasteiger partial charge on any atom is 0.280 e. The Morgan fingerprint density at radius 2 is 1.82 bits per heavy atom. The largest absolute Gasteiger partial charge is 0.492 e. The summed E-state index contributed by atoms with van der Waals surface area (Å²) in [6, 6.07) is 11.4. The number of fused-ring (bicyclic) bond motifs is 1. The second-order valence-electron chi connectivity index (χ2n) is 10.9. The molecule has 40 heavy (non-hydrogen) atoms. The van der Waals surface area contributed by atoms with E-state index in [0.29, 0.717) is 17.8 Å². The molecule has 10 heteroatoms. The molecule has 0 bridgehead atoms. The lowest BCUT2D eigenvalue weighted by molar-refractivity contribution is -0.126. The van der Waals surface area contributed by atoms with Gasteiger partial charge in [0.1, 0.15) is 18.2 Å². The van der Waals surface area contributed by atoms with Crippen LogP contribution < -0.4 is 15.7 Å². The van der Waals surface area contributed by atoms with Crippen LogP contribution in [0.4, 0.5) is 4.39 Å². The van der Waals surface area contributed by atoms with Crippen LogP contribution >= 0.6 is 0 Å². The molecule has 1 aromatic heterocycles. The summed E-state index contributed by atoms with van der Waals surface area (Å²) in [7, 11) is 0. The molecule has 1 aliphatic carbocycles. The Morgan fingerprint density at radius 1 is 1.10 bits per heavy atom. The summed E-state index contributed by atoms with van der Waals surface area (Å²) in [6.45, 7) is 8.64. The number of amides is 2. The minimum absolute atomic E-state index is 0.0234. The van der Waals surface area contributed by atoms with Crippen molar-refractivity contribution >= 4 is 22.8 Å². The number of H-pyrrole nitrogens is 1. The van der Waals surface area contributed by atoms with E-state index >= 15 is 0 Å². The normalized spacial score (nSPS) is 20.6. The third-order valence-corrected chi connectivity index (χ3v) is 7.65. The molecule has 0 unspecified atom stereocenters. The van der Waals surface area contributed by atoms with Crippen molar-refractivity contribution in [3.63, 3.8) is 0 Å². The number of halogens is 1. The van der Waals surface area contributed by atoms with Crippen molar-refractivity contribution in [3.8, 4) is 5.75 Å². The molecule has 1 saturated carbocycles. The lowest BCUT2D eigenvalue weighted by Gasteiger charge is -2.29. The molecule has 2 aromatic carbocycles. The van der Waals surface area contributed by atoms with Crippen LogP contribution in [0.3, 0.4) is 0 Å². The molecule has 2 heterocycles. The van der Waals surface area contributed by atoms with Gasteiger partial charge in [0.2, 0.25) is 11.5 Å². The topological polar surface area (TPSA) is 101 Å². The predicted molar refractivity (Wildman–Crippen MR) is 150 cm³/mol. The number of benzene rings is 2. The first-order chi connectivity index (χ1) is 19.4. The fourth-order valence-electron chi connectivity index (χ4n) is 5.52. The zero-order chi connectivity index (χ0) is 28.1. The first kappa shape index (κ1) is 28.0. The van der Waals surface area contributed by atoms with Crippen LogP contribution in [-0.2, 0) is 9.53 Å². The number of hydrogen-bond donors (Lipinski definition) is 2. The third kappa shape index (κ3) is 6.79. The highest BCUT2D eigenvalue weighted by Crippen LogP contribution is 2.34. The van der Waals surface area contributed by atoms with Crippen LogP contribution in [0.15, 0.2) is 47.5 Å². The molecule has 2 amide bonds. The molecule has 2 fully saturated rings. The predicted octanol–water partition coefficient (Wildman–Crippen LogP) is 3.82. The molecule has 0 atom stereocenters. The Morgan fingerprint density at radius 3 is 2.52 bits per heavy atom. The van der Waals surface area contributed by atoms with Crippen LogP contribution in [0.5, 0.6) is 5.75 Å². The van der Waals surface area contributed by atoms with E-state index in [-0.39, 0.29) is 23.9 Å². The van der Waals surface area contributed by atoms with Crippen LogP contribution in [-0.4, -0.2) is 71.8 Å². The molecule has 0 spiro atoms. The van der Waals surface area contributed by atoms with Crippen molar-refractivity contribution in [3.05, 3.63) is 59.5 Å². The number of carbonyl (C=O) groups excluding carboxylic acids is 2. The number of aromatic nitrogens is 2. The number of carbonyl (C=O) groups is 2. The SMILES string of the molecule is CC(C)NC(=O)[C@H]1CC[C@@H](n2c(=NC(=O)c3ccc(F)cc3)[nH]c3ccc(OCCN4CCOCC4)cc32)CC1. The Bertz CT molecular complexity index is 1380. The summed E-state index contributed by atoms with van der Waals surface area (Å²) in [5.41, 5.74) is 2.48. The summed E-state index contributed by atoms with van der Waals surface area (Å²) in [5.74, 6) is -0.0339. The summed E-state index contributed by atoms with van der Waals surface area (Å²) in [4.78, 5) is 35.7. The second-order valence-corrected chi connectivity index (χ2v) is 10.9. The van der Waals surface area contributed by atoms with Crippen molar-refractivity contribution in [2.45, 2.75) is 51.6 Å². The van der Waals surface area contributed by atoms with E-state index < -0.39 is 11.7 Å². The fraction of sp³-hybridized carbons (Fsp3) is 0.500. The first-order valence-corrected chi connectivity index (χ1v) is 14.2. The van der Waals surface area contributed by atoms with Gasteiger partial charge in [-0.15, -0.1) is 0 Å². The lowest BCUT2D eigenvalue weighted by atomic mass is 9.85. The van der Waals surface area contributed by atoms with Crippen molar-refractivity contribution in [2.75, 3.05) is 39.5 Å². The first-order valence-electron chi connectivity index (χ1n) is 14.2. The van der Waals surface area contributed by atoms with Gasteiger partial charge in [-0.2, -0.15) is 4.99 Å². The fourth-order valence-corrected chi connectivity index (χ4v) is 5.52. The number of morpholine rings is 1. The van der Waals surface area contributed by atoms with E-state index in [4.69, 9.17) is 9.47 Å². The van der Waals surface area contributed by atoms with Gasteiger partial charge in [0.25, 0.3) is 5.91 Å². The Balaban J connectivity index is 1.41. The van der Waals surface area contributed by atoms with Crippen molar-refractivity contribution < 1.29 is 23.5 Å². The molecule has 214 valence electrons. The number of imidazole rings is 1. The van der Waals surface area contributed by atoms with Gasteiger partial charge in [-0.05, 0) is 75.9 Å². The van der Waals surface area contributed by atoms with Crippen molar-refractivity contribution in [1.29, 1.82) is 0 Å². The van der Waals surface area contributed by atoms with Gasteiger partial charge in [-0.25, -0.2) is 4.39 Å². The average molecular weight is 552 g/mol. The van der Waals surface area contributed by atoms with E-state index in [2.05, 4.69) is 24.8 Å². The minimum atomic E-state index is -0.452. The number of ether oxygens (including phenoxy) is 2. The zero-order valence-corrected chi connectivity index (χ0v) is 23.2. The van der Waals surface area contributed by atoms with Crippen molar-refractivity contribution in [2.24, 2.45) is 10.9 Å². The van der Waals surface area contributed by atoms with Crippen molar-refractivity contribution in [1.82, 2.24) is 19.8 Å². The Kier molecular flexibility index (Phi) is 8.96. The van der Waals surface area contributed by atoms with Crippen LogP contribution in [0.1, 0.15) is 55.9 Å². The van der Waals surface area contributed by atoms with E-state index in [1.54, 1.807) is 0 Å². The number of nitrogens with zero attached hydrogens (tertiary/aromatic N) is 3. The molecule has 1 aliphatic heterocycles. The third-order valence-electron chi connectivity index (χ3n) is 7.65. The molecular formula is C30H38FN5O4. The zero-order valence-electron chi connectivity index (χ0n) is 23.2. The monoisotopic (exact) mass is 551 g/mol. The summed E-state index contributed by atoms with van der Waals surface area (Å²) >= 11 is 0. The standard InChI is InChI=1S/C30H38FN5O4/c1-20(2)32-28(37)22-5-9-24(10-6-22)36-27-19-25(40-18-15-35-13-16-39-17-14-35)11-12-26(27)33-30(36)34-29(38)21-3-7-23(31)8-4-21/h3-4,7-8,11-12,19-20,22,24H,5-6,9-10,13-18H2,1-2H3,(H,32,37)(H,33,34,38)/t22-,24+. The summed E-state index contributed by atoms with van der Waals surface area (Å²) < 4.78 is 27.0. The van der Waals surface area contributed by atoms with Gasteiger partial charge in [0.05, 0.1) is 24.2 Å². The summed E-state index contributed by atoms with van der Waals surface area (Å²) in [6.07, 6.45) is 3.07. The van der Waals surface area contributed by atoms with Gasteiger partial charge in [0, 0.05) is 49.3 Å². The molecule has 2 aliphatic rings. The maximum absolute atomic E-state index is 13.4. The summed E-state index contributed by atoms with van der Waals surface area (Å²) in [5, 5.41) is 3.03. The number of nitrogens with one attached hydrogen (secondary N) is 2. The van der Waals surface area contributed by atoms with Gasteiger partial charge in [-0.1, -0.05) is 0 Å². The van der Waals surface area contributed by atoms with Crippen LogP contribution in [0, 0.1) is 11.7 Å². The molecule has 2 N–H and O–H groups in total. The van der Waals surface area contributed by atoms with E-state index in [1.807, 2.05) is 32.0 Å². The highest BCUT2D eigenvalue weighted by atomic mass is 19.1. The second kappa shape index (κ2) is 12.8. The number of aromatic amines is 1.